The highest BCUT2D eigenvalue weighted by molar-refractivity contribution is 6.37. The van der Waals surface area contributed by atoms with Crippen LogP contribution in [0.4, 0.5) is 0 Å². The van der Waals surface area contributed by atoms with Crippen LogP contribution in [0.25, 0.3) is 5.53 Å². The van der Waals surface area contributed by atoms with Crippen molar-refractivity contribution in [1.82, 2.24) is 0 Å². The molecule has 0 bridgehead atoms. The van der Waals surface area contributed by atoms with Gasteiger partial charge in [-0.2, -0.15) is 4.79 Å². The molecule has 5 nitrogen and oxygen atoms in total. The van der Waals surface area contributed by atoms with E-state index in [9.17, 15) is 9.59 Å². The summed E-state index contributed by atoms with van der Waals surface area (Å²) in [5.41, 5.74) is 6.75. The molecular formula is C7H8N2O3. The Labute approximate surface area is 68.9 Å². The zero-order valence-corrected chi connectivity index (χ0v) is 6.61. The molecule has 0 amide bonds. The molecule has 5 heteroatoms. The van der Waals surface area contributed by atoms with Gasteiger partial charge in [-0.15, -0.1) is 0 Å². The second-order valence-corrected chi connectivity index (χ2v) is 2.50. The highest BCUT2D eigenvalue weighted by atomic mass is 16.6. The summed E-state index contributed by atoms with van der Waals surface area (Å²) < 4.78 is 4.76. The van der Waals surface area contributed by atoms with Crippen molar-refractivity contribution in [3.63, 3.8) is 0 Å². The molecule has 1 rings (SSSR count). The Bertz CT molecular complexity index is 274. The number of hydrogen-bond donors (Lipinski definition) is 0. The first-order valence-corrected chi connectivity index (χ1v) is 3.56. The maximum Gasteiger partial charge on any atom is 0.326 e. The van der Waals surface area contributed by atoms with Crippen molar-refractivity contribution in [3.8, 4) is 0 Å². The Morgan fingerprint density at radius 2 is 2.33 bits per heavy atom. The van der Waals surface area contributed by atoms with Crippen molar-refractivity contribution < 1.29 is 19.1 Å². The van der Waals surface area contributed by atoms with Crippen LogP contribution in [0.5, 0.6) is 0 Å². The largest absolute Gasteiger partial charge is 0.361 e. The van der Waals surface area contributed by atoms with E-state index in [1.54, 1.807) is 6.92 Å². The molecule has 1 saturated heterocycles. The molecule has 0 aromatic heterocycles. The summed E-state index contributed by atoms with van der Waals surface area (Å²) in [5.74, 6) is -0.857. The summed E-state index contributed by atoms with van der Waals surface area (Å²) >= 11 is 0. The van der Waals surface area contributed by atoms with Gasteiger partial charge in [0.05, 0.1) is 6.61 Å². The van der Waals surface area contributed by atoms with Gasteiger partial charge in [-0.1, -0.05) is 6.92 Å². The van der Waals surface area contributed by atoms with E-state index in [4.69, 9.17) is 10.3 Å². The minimum absolute atomic E-state index is 0.102. The Morgan fingerprint density at radius 1 is 1.75 bits per heavy atom. The number of hydrogen-bond acceptors (Lipinski definition) is 3. The summed E-state index contributed by atoms with van der Waals surface area (Å²) in [7, 11) is 0. The van der Waals surface area contributed by atoms with Crippen LogP contribution >= 0.6 is 0 Å². The molecule has 12 heavy (non-hydrogen) atoms. The topological polar surface area (TPSA) is 83.1 Å². The third-order valence-corrected chi connectivity index (χ3v) is 1.78. The Morgan fingerprint density at radius 3 is 2.67 bits per heavy atom. The SMILES string of the molecule is CCC(=O)[C@@]1(C(=O)C=[N+]=[N-])CO1. The van der Waals surface area contributed by atoms with Crippen LogP contribution in [-0.2, 0) is 14.3 Å². The van der Waals surface area contributed by atoms with Crippen molar-refractivity contribution >= 4 is 17.8 Å². The van der Waals surface area contributed by atoms with Crippen LogP contribution < -0.4 is 0 Å². The molecular weight excluding hydrogens is 160 g/mol. The zero-order valence-electron chi connectivity index (χ0n) is 6.61. The van der Waals surface area contributed by atoms with E-state index in [0.29, 0.717) is 6.21 Å². The van der Waals surface area contributed by atoms with E-state index < -0.39 is 11.4 Å². The molecule has 0 saturated carbocycles. The highest BCUT2D eigenvalue weighted by Crippen LogP contribution is 2.29. The molecule has 1 aliphatic heterocycles. The molecule has 0 spiro atoms. The number of epoxide rings is 1. The third kappa shape index (κ3) is 1.20. The number of Topliss-reactive ketones (excluding diaryl/α,β-unsaturated/α-hetero) is 2. The van der Waals surface area contributed by atoms with E-state index in [1.165, 1.54) is 0 Å². The van der Waals surface area contributed by atoms with E-state index in [1.807, 2.05) is 0 Å². The van der Waals surface area contributed by atoms with Crippen molar-refractivity contribution in [3.05, 3.63) is 5.53 Å². The highest BCUT2D eigenvalue weighted by Gasteiger charge is 2.58. The fourth-order valence-electron chi connectivity index (χ4n) is 0.955. The first kappa shape index (κ1) is 8.77. The smallest absolute Gasteiger partial charge is 0.326 e. The van der Waals surface area contributed by atoms with Crippen molar-refractivity contribution in [1.29, 1.82) is 0 Å². The maximum atomic E-state index is 11.1. The lowest BCUT2D eigenvalue weighted by molar-refractivity contribution is -0.132. The number of ether oxygens (including phenoxy) is 1. The fourth-order valence-corrected chi connectivity index (χ4v) is 0.955. The van der Waals surface area contributed by atoms with Crippen LogP contribution in [0.2, 0.25) is 0 Å². The van der Waals surface area contributed by atoms with Crippen LogP contribution in [-0.4, -0.2) is 34.8 Å². The van der Waals surface area contributed by atoms with E-state index in [2.05, 4.69) is 4.79 Å². The molecule has 1 aliphatic rings. The molecule has 1 atom stereocenters. The predicted molar refractivity (Wildman–Crippen MR) is 38.7 cm³/mol. The van der Waals surface area contributed by atoms with Crippen LogP contribution in [0.15, 0.2) is 0 Å². The van der Waals surface area contributed by atoms with Gasteiger partial charge in [0, 0.05) is 6.42 Å². The molecule has 0 aromatic rings. The molecule has 1 fully saturated rings. The zero-order chi connectivity index (χ0) is 9.19. The normalized spacial score (nSPS) is 25.8. The lowest BCUT2D eigenvalue weighted by Crippen LogP contribution is -2.34. The summed E-state index contributed by atoms with van der Waals surface area (Å²) in [6, 6.07) is 0. The monoisotopic (exact) mass is 168 g/mol. The number of nitrogens with zero attached hydrogens (tertiary/aromatic N) is 2. The van der Waals surface area contributed by atoms with Gasteiger partial charge in [-0.05, 0) is 0 Å². The first-order valence-electron chi connectivity index (χ1n) is 3.56. The lowest BCUT2D eigenvalue weighted by atomic mass is 9.99. The fraction of sp³-hybridized carbons (Fsp3) is 0.571. The lowest BCUT2D eigenvalue weighted by Gasteiger charge is -2.00. The Hall–Kier alpha value is -1.32. The Kier molecular flexibility index (Phi) is 2.17. The van der Waals surface area contributed by atoms with Gasteiger partial charge in [0.15, 0.2) is 5.78 Å². The molecule has 64 valence electrons. The maximum absolute atomic E-state index is 11.1. The minimum atomic E-state index is -1.32. The van der Waals surface area contributed by atoms with Crippen molar-refractivity contribution in [2.45, 2.75) is 18.9 Å². The Balaban J connectivity index is 2.79. The first-order chi connectivity index (χ1) is 5.67. The molecule has 0 aromatic carbocycles. The number of carbonyl (C=O) groups is 2. The number of ketones is 2. The predicted octanol–water partition coefficient (Wildman–Crippen LogP) is -0.396. The van der Waals surface area contributed by atoms with Gasteiger partial charge < -0.3 is 10.3 Å². The number of carbonyl (C=O) groups excluding carboxylic acids is 2. The average molecular weight is 168 g/mol. The minimum Gasteiger partial charge on any atom is -0.361 e. The molecule has 0 N–H and O–H groups in total. The molecule has 0 radical (unpaired) electrons. The second kappa shape index (κ2) is 2.97. The molecule has 1 heterocycles. The summed E-state index contributed by atoms with van der Waals surface area (Å²) in [6.07, 6.45) is 0.936. The summed E-state index contributed by atoms with van der Waals surface area (Å²) in [5, 5.41) is 0. The average Bonchev–Trinajstić information content (AvgIpc) is 2.84. The van der Waals surface area contributed by atoms with Crippen LogP contribution in [0.1, 0.15) is 13.3 Å². The second-order valence-electron chi connectivity index (χ2n) is 2.50. The summed E-state index contributed by atoms with van der Waals surface area (Å²) in [4.78, 5) is 24.7. The van der Waals surface area contributed by atoms with Gasteiger partial charge in [0.25, 0.3) is 5.78 Å². The van der Waals surface area contributed by atoms with E-state index in [0.717, 1.165) is 0 Å². The van der Waals surface area contributed by atoms with Gasteiger partial charge in [0.1, 0.15) is 0 Å². The van der Waals surface area contributed by atoms with Gasteiger partial charge in [-0.3, -0.25) is 9.59 Å². The van der Waals surface area contributed by atoms with E-state index >= 15 is 0 Å². The van der Waals surface area contributed by atoms with E-state index in [-0.39, 0.29) is 18.8 Å². The van der Waals surface area contributed by atoms with Gasteiger partial charge in [-0.25, -0.2) is 0 Å². The van der Waals surface area contributed by atoms with Crippen molar-refractivity contribution in [2.75, 3.05) is 6.61 Å². The molecule has 0 aliphatic carbocycles. The number of rotatable bonds is 4. The van der Waals surface area contributed by atoms with Gasteiger partial charge >= 0.3 is 6.21 Å². The summed E-state index contributed by atoms with van der Waals surface area (Å²) in [6.45, 7) is 1.75. The van der Waals surface area contributed by atoms with Crippen molar-refractivity contribution in [2.24, 2.45) is 0 Å². The van der Waals surface area contributed by atoms with Crippen LogP contribution in [0, 0.1) is 0 Å². The third-order valence-electron chi connectivity index (χ3n) is 1.78. The quantitative estimate of drug-likeness (QED) is 0.188. The standard InChI is InChI=1S/C7H8N2O3/c1-2-5(10)7(4-12-7)6(11)3-9-8/h3H,2,4H2,1H3/t7-/m1/s1. The van der Waals surface area contributed by atoms with Gasteiger partial charge in [0.2, 0.25) is 5.60 Å². The van der Waals surface area contributed by atoms with Crippen LogP contribution in [0.3, 0.4) is 0 Å². The molecule has 0 unspecified atom stereocenters.